The number of aryl methyl sites for hydroxylation is 1. The molecule has 9 heteroatoms. The predicted molar refractivity (Wildman–Crippen MR) is 91.4 cm³/mol. The molecule has 1 aliphatic heterocycles. The van der Waals surface area contributed by atoms with Crippen molar-refractivity contribution in [2.75, 3.05) is 31.7 Å². The summed E-state index contributed by atoms with van der Waals surface area (Å²) in [5, 5.41) is 4.02. The standard InChI is InChI=1S/C15H22N6O2S/c1-20-10-16-8-12(20)14(22)17-11-4-3-6-21(9-11)15-18-13(19-24-15)5-7-23-2/h8,10-11H,3-7,9H2,1-2H3,(H,17,22). The van der Waals surface area contributed by atoms with Crippen LogP contribution in [0.3, 0.4) is 0 Å². The van der Waals surface area contributed by atoms with Gasteiger partial charge in [0.1, 0.15) is 11.5 Å². The van der Waals surface area contributed by atoms with E-state index in [1.165, 1.54) is 11.5 Å². The van der Waals surface area contributed by atoms with Crippen molar-refractivity contribution in [2.24, 2.45) is 7.05 Å². The number of piperidine rings is 1. The molecule has 2 aromatic rings. The first-order valence-electron chi connectivity index (χ1n) is 8.01. The topological polar surface area (TPSA) is 85.2 Å². The molecule has 8 nitrogen and oxygen atoms in total. The van der Waals surface area contributed by atoms with E-state index in [9.17, 15) is 4.79 Å². The number of nitrogens with one attached hydrogen (secondary N) is 1. The van der Waals surface area contributed by atoms with Crippen LogP contribution < -0.4 is 10.2 Å². The predicted octanol–water partition coefficient (Wildman–Crippen LogP) is 0.859. The lowest BCUT2D eigenvalue weighted by molar-refractivity contribution is 0.0925. The molecule has 0 aliphatic carbocycles. The highest BCUT2D eigenvalue weighted by Gasteiger charge is 2.24. The van der Waals surface area contributed by atoms with Crippen LogP contribution in [-0.4, -0.2) is 57.7 Å². The second kappa shape index (κ2) is 7.71. The van der Waals surface area contributed by atoms with E-state index in [1.807, 2.05) is 7.05 Å². The first-order chi connectivity index (χ1) is 11.7. The van der Waals surface area contributed by atoms with Crippen molar-refractivity contribution < 1.29 is 9.53 Å². The van der Waals surface area contributed by atoms with Gasteiger partial charge in [0.25, 0.3) is 5.91 Å². The maximum Gasteiger partial charge on any atom is 0.269 e. The highest BCUT2D eigenvalue weighted by molar-refractivity contribution is 7.09. The third-order valence-electron chi connectivity index (χ3n) is 4.06. The first-order valence-corrected chi connectivity index (χ1v) is 8.78. The number of ether oxygens (including phenoxy) is 1. The monoisotopic (exact) mass is 350 g/mol. The van der Waals surface area contributed by atoms with Crippen molar-refractivity contribution in [1.82, 2.24) is 24.2 Å². The van der Waals surface area contributed by atoms with Gasteiger partial charge < -0.3 is 19.5 Å². The molecule has 0 bridgehead atoms. The van der Waals surface area contributed by atoms with E-state index in [1.54, 1.807) is 24.2 Å². The third-order valence-corrected chi connectivity index (χ3v) is 4.88. The van der Waals surface area contributed by atoms with Crippen molar-refractivity contribution in [3.8, 4) is 0 Å². The molecule has 0 saturated carbocycles. The van der Waals surface area contributed by atoms with Gasteiger partial charge in [-0.15, -0.1) is 0 Å². The Hall–Kier alpha value is -2.00. The van der Waals surface area contributed by atoms with Crippen molar-refractivity contribution in [1.29, 1.82) is 0 Å². The summed E-state index contributed by atoms with van der Waals surface area (Å²) in [6.45, 7) is 2.32. The van der Waals surface area contributed by atoms with Gasteiger partial charge in [0.15, 0.2) is 0 Å². The number of nitrogens with zero attached hydrogens (tertiary/aromatic N) is 5. The van der Waals surface area contributed by atoms with Crippen LogP contribution in [0.25, 0.3) is 0 Å². The lowest BCUT2D eigenvalue weighted by atomic mass is 10.1. The molecule has 0 spiro atoms. The van der Waals surface area contributed by atoms with E-state index < -0.39 is 0 Å². The summed E-state index contributed by atoms with van der Waals surface area (Å²) in [4.78, 5) is 23.1. The molecule has 0 aromatic carbocycles. The van der Waals surface area contributed by atoms with E-state index in [4.69, 9.17) is 4.74 Å². The van der Waals surface area contributed by atoms with Crippen LogP contribution in [-0.2, 0) is 18.2 Å². The van der Waals surface area contributed by atoms with Gasteiger partial charge in [0.2, 0.25) is 5.13 Å². The van der Waals surface area contributed by atoms with Crippen LogP contribution >= 0.6 is 11.5 Å². The smallest absolute Gasteiger partial charge is 0.269 e. The quantitative estimate of drug-likeness (QED) is 0.832. The molecule has 1 unspecified atom stereocenters. The number of methoxy groups -OCH3 is 1. The maximum absolute atomic E-state index is 12.3. The molecular weight excluding hydrogens is 328 g/mol. The number of rotatable bonds is 6. The van der Waals surface area contributed by atoms with Gasteiger partial charge >= 0.3 is 0 Å². The van der Waals surface area contributed by atoms with Gasteiger partial charge in [0.05, 0.1) is 19.1 Å². The number of hydrogen-bond acceptors (Lipinski definition) is 7. The molecule has 24 heavy (non-hydrogen) atoms. The lowest BCUT2D eigenvalue weighted by Crippen LogP contribution is -2.48. The number of anilines is 1. The molecule has 1 amide bonds. The molecule has 1 N–H and O–H groups in total. The van der Waals surface area contributed by atoms with Crippen molar-refractivity contribution >= 4 is 22.6 Å². The minimum absolute atomic E-state index is 0.0834. The summed E-state index contributed by atoms with van der Waals surface area (Å²) < 4.78 is 11.2. The average Bonchev–Trinajstić information content (AvgIpc) is 3.22. The Kier molecular flexibility index (Phi) is 5.41. The van der Waals surface area contributed by atoms with Crippen LogP contribution in [0.4, 0.5) is 5.13 Å². The van der Waals surface area contributed by atoms with E-state index in [0.29, 0.717) is 12.3 Å². The van der Waals surface area contributed by atoms with Crippen molar-refractivity contribution in [3.63, 3.8) is 0 Å². The largest absolute Gasteiger partial charge is 0.384 e. The van der Waals surface area contributed by atoms with Crippen LogP contribution in [0.1, 0.15) is 29.2 Å². The summed E-state index contributed by atoms with van der Waals surface area (Å²) in [5.41, 5.74) is 0.574. The highest BCUT2D eigenvalue weighted by Crippen LogP contribution is 2.22. The van der Waals surface area contributed by atoms with Gasteiger partial charge in [-0.25, -0.2) is 9.97 Å². The van der Waals surface area contributed by atoms with Crippen LogP contribution in [0.15, 0.2) is 12.5 Å². The Morgan fingerprint density at radius 3 is 3.17 bits per heavy atom. The SMILES string of the molecule is COCCc1nsc(N2CCCC(NC(=O)c3cncn3C)C2)n1. The molecule has 1 atom stereocenters. The number of aromatic nitrogens is 4. The van der Waals surface area contributed by atoms with Crippen LogP contribution in [0, 0.1) is 0 Å². The second-order valence-corrected chi connectivity index (χ2v) is 6.61. The molecule has 1 fully saturated rings. The van der Waals surface area contributed by atoms with Gasteiger partial charge in [-0.2, -0.15) is 4.37 Å². The van der Waals surface area contributed by atoms with E-state index in [0.717, 1.165) is 43.3 Å². The Morgan fingerprint density at radius 2 is 2.42 bits per heavy atom. The molecule has 0 radical (unpaired) electrons. The van der Waals surface area contributed by atoms with E-state index in [-0.39, 0.29) is 11.9 Å². The summed E-state index contributed by atoms with van der Waals surface area (Å²) >= 11 is 1.41. The Bertz CT molecular complexity index is 685. The van der Waals surface area contributed by atoms with Gasteiger partial charge in [0, 0.05) is 51.2 Å². The second-order valence-electron chi connectivity index (χ2n) is 5.88. The Labute approximate surface area is 145 Å². The molecule has 1 aliphatic rings. The molecule has 3 rings (SSSR count). The highest BCUT2D eigenvalue weighted by atomic mass is 32.1. The Balaban J connectivity index is 1.59. The maximum atomic E-state index is 12.3. The summed E-state index contributed by atoms with van der Waals surface area (Å²) in [7, 11) is 3.49. The molecule has 2 aromatic heterocycles. The lowest BCUT2D eigenvalue weighted by Gasteiger charge is -2.32. The van der Waals surface area contributed by atoms with E-state index >= 15 is 0 Å². The van der Waals surface area contributed by atoms with E-state index in [2.05, 4.69) is 24.6 Å². The molecule has 1 saturated heterocycles. The summed E-state index contributed by atoms with van der Waals surface area (Å²) in [6.07, 6.45) is 5.92. The first kappa shape index (κ1) is 16.8. The van der Waals surface area contributed by atoms with Crippen molar-refractivity contribution in [3.05, 3.63) is 24.0 Å². The summed E-state index contributed by atoms with van der Waals surface area (Å²) in [6, 6.07) is 0.104. The van der Waals surface area contributed by atoms with Gasteiger partial charge in [-0.1, -0.05) is 0 Å². The van der Waals surface area contributed by atoms with Gasteiger partial charge in [-0.3, -0.25) is 4.79 Å². The number of carbonyl (C=O) groups excluding carboxylic acids is 1. The Morgan fingerprint density at radius 1 is 1.54 bits per heavy atom. The minimum atomic E-state index is -0.0834. The third kappa shape index (κ3) is 3.90. The normalized spacial score (nSPS) is 17.9. The number of hydrogen-bond donors (Lipinski definition) is 1. The number of amides is 1. The fourth-order valence-electron chi connectivity index (χ4n) is 2.77. The summed E-state index contributed by atoms with van der Waals surface area (Å²) in [5.74, 6) is 0.734. The minimum Gasteiger partial charge on any atom is -0.384 e. The van der Waals surface area contributed by atoms with Crippen molar-refractivity contribution in [2.45, 2.75) is 25.3 Å². The van der Waals surface area contributed by atoms with Crippen LogP contribution in [0.5, 0.6) is 0 Å². The van der Waals surface area contributed by atoms with Gasteiger partial charge in [-0.05, 0) is 12.8 Å². The van der Waals surface area contributed by atoms with Crippen LogP contribution in [0.2, 0.25) is 0 Å². The zero-order valence-corrected chi connectivity index (χ0v) is 14.8. The molecule has 130 valence electrons. The fourth-order valence-corrected chi connectivity index (χ4v) is 3.52. The zero-order valence-electron chi connectivity index (χ0n) is 13.9. The zero-order chi connectivity index (χ0) is 16.9. The molecule has 3 heterocycles. The fraction of sp³-hybridized carbons (Fsp3) is 0.600. The number of carbonyl (C=O) groups is 1. The number of imidazole rings is 1. The molecular formula is C15H22N6O2S. The average molecular weight is 350 g/mol.